The lowest BCUT2D eigenvalue weighted by atomic mass is 10.4. The topological polar surface area (TPSA) is 0 Å². The van der Waals surface area contributed by atoms with Gasteiger partial charge in [0, 0.05) is 22.4 Å². The molecule has 0 saturated carbocycles. The second kappa shape index (κ2) is 6.77. The Kier molecular flexibility index (Phi) is 7.48. The van der Waals surface area contributed by atoms with Crippen LogP contribution in [0.1, 0.15) is 0 Å². The van der Waals surface area contributed by atoms with E-state index in [4.69, 9.17) is 0 Å². The molecule has 0 radical (unpaired) electrons. The molecule has 0 amide bonds. The van der Waals surface area contributed by atoms with Crippen LogP contribution in [0.15, 0.2) is 41.6 Å². The molecule has 0 aromatic heterocycles. The molecule has 1 aromatic carbocycles. The van der Waals surface area contributed by atoms with Gasteiger partial charge in [-0.05, 0) is 85.7 Å². The van der Waals surface area contributed by atoms with E-state index in [1.807, 2.05) is 6.07 Å². The smallest absolute Gasteiger partial charge is 0.0482 e. The summed E-state index contributed by atoms with van der Waals surface area (Å²) in [6, 6.07) is 1.97. The van der Waals surface area contributed by atoms with Gasteiger partial charge in [0.05, 0.1) is 0 Å². The molecule has 0 nitrogen and oxygen atoms in total. The minimum Gasteiger partial charge on any atom is -0.106 e. The lowest BCUT2D eigenvalue weighted by molar-refractivity contribution is 1.46. The van der Waals surface area contributed by atoms with Crippen molar-refractivity contribution < 1.29 is 0 Å². The number of rotatable bonds is 0. The summed E-state index contributed by atoms with van der Waals surface area (Å²) < 4.78 is 5.04. The van der Waals surface area contributed by atoms with E-state index in [1.165, 1.54) is 0 Å². The SMILES string of the molecule is Brc1cc(Br)c(Br)c(Br)c1Br.C=C. The fourth-order valence-electron chi connectivity index (χ4n) is 0.544. The first-order valence-corrected chi connectivity index (χ1v) is 6.99. The Morgan fingerprint density at radius 3 is 1.31 bits per heavy atom. The minimum absolute atomic E-state index is 0.999. The summed E-state index contributed by atoms with van der Waals surface area (Å²) in [6.07, 6.45) is 0. The first kappa shape index (κ1) is 14.4. The number of benzene rings is 1. The molecule has 0 N–H and O–H groups in total. The van der Waals surface area contributed by atoms with Gasteiger partial charge in [-0.1, -0.05) is 0 Å². The number of hydrogen-bond donors (Lipinski definition) is 0. The molecule has 0 bridgehead atoms. The van der Waals surface area contributed by atoms with Gasteiger partial charge >= 0.3 is 0 Å². The molecule has 1 rings (SSSR count). The highest BCUT2D eigenvalue weighted by atomic mass is 79.9. The van der Waals surface area contributed by atoms with Crippen molar-refractivity contribution >= 4 is 79.6 Å². The first-order valence-electron chi connectivity index (χ1n) is 3.02. The van der Waals surface area contributed by atoms with Gasteiger partial charge in [0.25, 0.3) is 0 Å². The van der Waals surface area contributed by atoms with Crippen LogP contribution in [-0.2, 0) is 0 Å². The second-order valence-corrected chi connectivity index (χ2v) is 5.87. The van der Waals surface area contributed by atoms with Gasteiger partial charge in [-0.15, -0.1) is 13.2 Å². The predicted molar refractivity (Wildman–Crippen MR) is 76.2 cm³/mol. The van der Waals surface area contributed by atoms with Crippen molar-refractivity contribution in [2.24, 2.45) is 0 Å². The van der Waals surface area contributed by atoms with E-state index in [0.29, 0.717) is 0 Å². The molecule has 5 heteroatoms. The van der Waals surface area contributed by atoms with Gasteiger partial charge in [0.2, 0.25) is 0 Å². The summed E-state index contributed by atoms with van der Waals surface area (Å²) in [6.45, 7) is 6.00. The average molecular weight is 501 g/mol. The van der Waals surface area contributed by atoms with Crippen molar-refractivity contribution in [2.45, 2.75) is 0 Å². The summed E-state index contributed by atoms with van der Waals surface area (Å²) in [4.78, 5) is 0. The lowest BCUT2D eigenvalue weighted by Gasteiger charge is -2.04. The fourth-order valence-corrected chi connectivity index (χ4v) is 3.56. The summed E-state index contributed by atoms with van der Waals surface area (Å²) in [7, 11) is 0. The zero-order valence-corrected chi connectivity index (χ0v) is 14.3. The molecule has 0 unspecified atom stereocenters. The van der Waals surface area contributed by atoms with E-state index in [0.717, 1.165) is 22.4 Å². The molecule has 72 valence electrons. The van der Waals surface area contributed by atoms with E-state index in [-0.39, 0.29) is 0 Å². The van der Waals surface area contributed by atoms with Gasteiger partial charge in [-0.2, -0.15) is 0 Å². The molecule has 0 atom stereocenters. The highest BCUT2D eigenvalue weighted by molar-refractivity contribution is 9.15. The first-order chi connectivity index (χ1) is 6.04. The Labute approximate surface area is 120 Å². The summed E-state index contributed by atoms with van der Waals surface area (Å²) in [5, 5.41) is 0. The lowest BCUT2D eigenvalue weighted by Crippen LogP contribution is -1.77. The summed E-state index contributed by atoms with van der Waals surface area (Å²) >= 11 is 17.1. The van der Waals surface area contributed by atoms with Crippen LogP contribution < -0.4 is 0 Å². The quantitative estimate of drug-likeness (QED) is 0.223. The summed E-state index contributed by atoms with van der Waals surface area (Å²) in [5.74, 6) is 0. The number of halogens is 5. The monoisotopic (exact) mass is 496 g/mol. The van der Waals surface area contributed by atoms with Gasteiger partial charge in [-0.3, -0.25) is 0 Å². The zero-order valence-electron chi connectivity index (χ0n) is 6.38. The minimum atomic E-state index is 0.999. The van der Waals surface area contributed by atoms with Crippen molar-refractivity contribution in [3.05, 3.63) is 41.6 Å². The molecule has 0 saturated heterocycles. The molecule has 0 spiro atoms. The molecule has 0 aliphatic rings. The molecule has 0 aliphatic carbocycles. The van der Waals surface area contributed by atoms with Crippen molar-refractivity contribution in [1.82, 2.24) is 0 Å². The highest BCUT2D eigenvalue weighted by Gasteiger charge is 2.09. The van der Waals surface area contributed by atoms with E-state index in [9.17, 15) is 0 Å². The maximum Gasteiger partial charge on any atom is 0.0482 e. The van der Waals surface area contributed by atoms with Crippen LogP contribution in [-0.4, -0.2) is 0 Å². The van der Waals surface area contributed by atoms with E-state index in [1.54, 1.807) is 0 Å². The van der Waals surface area contributed by atoms with Crippen molar-refractivity contribution in [2.75, 3.05) is 0 Å². The summed E-state index contributed by atoms with van der Waals surface area (Å²) in [5.41, 5.74) is 0. The van der Waals surface area contributed by atoms with Crippen LogP contribution in [0.4, 0.5) is 0 Å². The maximum atomic E-state index is 3.43. The van der Waals surface area contributed by atoms with Crippen LogP contribution in [0.5, 0.6) is 0 Å². The van der Waals surface area contributed by atoms with Gasteiger partial charge in [0.15, 0.2) is 0 Å². The van der Waals surface area contributed by atoms with Crippen molar-refractivity contribution in [1.29, 1.82) is 0 Å². The normalized spacial score (nSPS) is 9.00. The Bertz CT molecular complexity index is 282. The zero-order chi connectivity index (χ0) is 10.6. The molecule has 0 heterocycles. The van der Waals surface area contributed by atoms with Crippen LogP contribution in [0.2, 0.25) is 0 Å². The molecule has 0 aliphatic heterocycles. The standard InChI is InChI=1S/C6HBr5.C2H4/c7-2-1-3(8)5(10)6(11)4(2)9;1-2/h1H;1-2H2. The average Bonchev–Trinajstić information content (AvgIpc) is 2.15. The fraction of sp³-hybridized carbons (Fsp3) is 0. The Balaban J connectivity index is 0.000000671. The van der Waals surface area contributed by atoms with E-state index < -0.39 is 0 Å². The maximum absolute atomic E-state index is 3.43. The molecule has 13 heavy (non-hydrogen) atoms. The third-order valence-corrected chi connectivity index (χ3v) is 6.88. The van der Waals surface area contributed by atoms with E-state index in [2.05, 4.69) is 92.8 Å². The van der Waals surface area contributed by atoms with Crippen LogP contribution >= 0.6 is 79.6 Å². The predicted octanol–water partition coefficient (Wildman–Crippen LogP) is 6.30. The third kappa shape index (κ3) is 3.78. The van der Waals surface area contributed by atoms with Crippen LogP contribution in [0.3, 0.4) is 0 Å². The van der Waals surface area contributed by atoms with E-state index >= 15 is 0 Å². The number of hydrogen-bond acceptors (Lipinski definition) is 0. The van der Waals surface area contributed by atoms with Crippen LogP contribution in [0, 0.1) is 0 Å². The second-order valence-electron chi connectivity index (χ2n) is 1.78. The van der Waals surface area contributed by atoms with Gasteiger partial charge < -0.3 is 0 Å². The van der Waals surface area contributed by atoms with Crippen molar-refractivity contribution in [3.63, 3.8) is 0 Å². The Hall–Kier alpha value is 1.36. The highest BCUT2D eigenvalue weighted by Crippen LogP contribution is 2.40. The van der Waals surface area contributed by atoms with Gasteiger partial charge in [0.1, 0.15) is 0 Å². The molecule has 0 fully saturated rings. The van der Waals surface area contributed by atoms with Crippen LogP contribution in [0.25, 0.3) is 0 Å². The Morgan fingerprint density at radius 2 is 1.00 bits per heavy atom. The largest absolute Gasteiger partial charge is 0.106 e. The van der Waals surface area contributed by atoms with Gasteiger partial charge in [-0.25, -0.2) is 0 Å². The molecular formula is C8H5Br5. The molecular weight excluding hydrogens is 496 g/mol. The Morgan fingerprint density at radius 1 is 0.692 bits per heavy atom. The van der Waals surface area contributed by atoms with Crippen molar-refractivity contribution in [3.8, 4) is 0 Å². The molecule has 1 aromatic rings. The third-order valence-electron chi connectivity index (χ3n) is 1.06.